The van der Waals surface area contributed by atoms with E-state index in [-0.39, 0.29) is 5.60 Å². The Kier molecular flexibility index (Phi) is 3.90. The van der Waals surface area contributed by atoms with Crippen molar-refractivity contribution in [1.82, 2.24) is 25.1 Å². The number of aromatic amines is 1. The van der Waals surface area contributed by atoms with Gasteiger partial charge in [-0.05, 0) is 77.0 Å². The molecule has 1 aliphatic heterocycles. The van der Waals surface area contributed by atoms with E-state index in [0.717, 1.165) is 72.5 Å². The van der Waals surface area contributed by atoms with Crippen molar-refractivity contribution in [2.45, 2.75) is 44.1 Å². The van der Waals surface area contributed by atoms with Crippen molar-refractivity contribution in [2.75, 3.05) is 20.1 Å². The monoisotopic (exact) mass is 363 g/mol. The Balaban J connectivity index is 1.47. The summed E-state index contributed by atoms with van der Waals surface area (Å²) in [7, 11) is 2.18. The summed E-state index contributed by atoms with van der Waals surface area (Å²) in [5.41, 5.74) is 3.88. The van der Waals surface area contributed by atoms with Gasteiger partial charge in [-0.25, -0.2) is 9.97 Å². The SMILES string of the molecule is CN1CCC(c2cc(-c3n[nH]c4ccc(OC5(C)CC5)cc34)ncn2)CC1. The van der Waals surface area contributed by atoms with Crippen LogP contribution in [0, 0.1) is 0 Å². The Bertz CT molecular complexity index is 970. The molecule has 1 saturated carbocycles. The van der Waals surface area contributed by atoms with Crippen LogP contribution >= 0.6 is 0 Å². The van der Waals surface area contributed by atoms with Crippen LogP contribution in [-0.4, -0.2) is 50.8 Å². The second-order valence-corrected chi connectivity index (χ2v) is 8.24. The highest BCUT2D eigenvalue weighted by Gasteiger charge is 2.40. The van der Waals surface area contributed by atoms with E-state index in [1.807, 2.05) is 12.1 Å². The van der Waals surface area contributed by atoms with Crippen molar-refractivity contribution in [3.8, 4) is 17.1 Å². The Morgan fingerprint density at radius 3 is 2.74 bits per heavy atom. The highest BCUT2D eigenvalue weighted by Crippen LogP contribution is 2.40. The smallest absolute Gasteiger partial charge is 0.120 e. The average molecular weight is 363 g/mol. The molecule has 6 heteroatoms. The normalized spacial score (nSPS) is 20.1. The van der Waals surface area contributed by atoms with Gasteiger partial charge < -0.3 is 9.64 Å². The first-order valence-electron chi connectivity index (χ1n) is 9.78. The van der Waals surface area contributed by atoms with Crippen LogP contribution in [0.25, 0.3) is 22.3 Å². The minimum absolute atomic E-state index is 0.00774. The number of H-pyrrole nitrogens is 1. The summed E-state index contributed by atoms with van der Waals surface area (Å²) in [6.07, 6.45) is 6.20. The topological polar surface area (TPSA) is 66.9 Å². The zero-order chi connectivity index (χ0) is 18.4. The Labute approximate surface area is 159 Å². The minimum atomic E-state index is 0.00774. The number of hydrogen-bond acceptors (Lipinski definition) is 5. The summed E-state index contributed by atoms with van der Waals surface area (Å²) in [6, 6.07) is 8.24. The third kappa shape index (κ3) is 3.30. The molecule has 0 spiro atoms. The maximum Gasteiger partial charge on any atom is 0.120 e. The lowest BCUT2D eigenvalue weighted by atomic mass is 9.93. The first-order valence-corrected chi connectivity index (χ1v) is 9.78. The van der Waals surface area contributed by atoms with Crippen LogP contribution in [0.3, 0.4) is 0 Å². The van der Waals surface area contributed by atoms with Gasteiger partial charge >= 0.3 is 0 Å². The van der Waals surface area contributed by atoms with E-state index in [2.05, 4.69) is 51.2 Å². The first kappa shape index (κ1) is 16.7. The van der Waals surface area contributed by atoms with Crippen molar-refractivity contribution in [1.29, 1.82) is 0 Å². The molecule has 1 N–H and O–H groups in total. The van der Waals surface area contributed by atoms with Gasteiger partial charge in [0.15, 0.2) is 0 Å². The van der Waals surface area contributed by atoms with Crippen LogP contribution in [-0.2, 0) is 0 Å². The lowest BCUT2D eigenvalue weighted by Gasteiger charge is -2.28. The molecule has 6 nitrogen and oxygen atoms in total. The number of rotatable bonds is 4. The molecule has 1 aliphatic carbocycles. The third-order valence-electron chi connectivity index (χ3n) is 5.92. The van der Waals surface area contributed by atoms with E-state index in [9.17, 15) is 0 Å². The predicted octanol–water partition coefficient (Wildman–Crippen LogP) is 3.76. The highest BCUT2D eigenvalue weighted by molar-refractivity contribution is 5.92. The lowest BCUT2D eigenvalue weighted by Crippen LogP contribution is -2.29. The van der Waals surface area contributed by atoms with Crippen molar-refractivity contribution in [3.05, 3.63) is 36.3 Å². The molecule has 2 aromatic heterocycles. The molecule has 2 fully saturated rings. The Morgan fingerprint density at radius 1 is 1.15 bits per heavy atom. The molecule has 0 amide bonds. The molecule has 0 unspecified atom stereocenters. The molecule has 140 valence electrons. The van der Waals surface area contributed by atoms with E-state index >= 15 is 0 Å². The summed E-state index contributed by atoms with van der Waals surface area (Å²) in [5, 5.41) is 8.71. The number of likely N-dealkylation sites (tertiary alicyclic amines) is 1. The van der Waals surface area contributed by atoms with E-state index in [0.29, 0.717) is 5.92 Å². The molecule has 1 saturated heterocycles. The summed E-state index contributed by atoms with van der Waals surface area (Å²) in [6.45, 7) is 4.40. The zero-order valence-electron chi connectivity index (χ0n) is 15.9. The zero-order valence-corrected chi connectivity index (χ0v) is 15.9. The number of aromatic nitrogens is 4. The fourth-order valence-corrected chi connectivity index (χ4v) is 3.84. The number of ether oxygens (including phenoxy) is 1. The number of fused-ring (bicyclic) bond motifs is 1. The van der Waals surface area contributed by atoms with Gasteiger partial charge in [0.1, 0.15) is 23.4 Å². The molecule has 2 aliphatic rings. The Morgan fingerprint density at radius 2 is 1.96 bits per heavy atom. The summed E-state index contributed by atoms with van der Waals surface area (Å²) < 4.78 is 6.13. The Hall–Kier alpha value is -2.47. The molecule has 0 radical (unpaired) electrons. The van der Waals surface area contributed by atoms with Crippen molar-refractivity contribution in [3.63, 3.8) is 0 Å². The van der Waals surface area contributed by atoms with Crippen LogP contribution in [0.1, 0.15) is 44.2 Å². The molecule has 0 bridgehead atoms. The highest BCUT2D eigenvalue weighted by atomic mass is 16.5. The number of benzene rings is 1. The second kappa shape index (κ2) is 6.30. The number of nitrogens with zero attached hydrogens (tertiary/aromatic N) is 4. The summed E-state index contributed by atoms with van der Waals surface area (Å²) in [5.74, 6) is 1.40. The number of hydrogen-bond donors (Lipinski definition) is 1. The van der Waals surface area contributed by atoms with E-state index < -0.39 is 0 Å². The third-order valence-corrected chi connectivity index (χ3v) is 5.92. The van der Waals surface area contributed by atoms with Crippen molar-refractivity contribution >= 4 is 10.9 Å². The average Bonchev–Trinajstić information content (AvgIpc) is 3.25. The van der Waals surface area contributed by atoms with E-state index in [4.69, 9.17) is 4.74 Å². The second-order valence-electron chi connectivity index (χ2n) is 8.24. The maximum absolute atomic E-state index is 6.13. The molecular weight excluding hydrogens is 338 g/mol. The van der Waals surface area contributed by atoms with Gasteiger partial charge in [0.05, 0.1) is 11.2 Å². The molecular formula is C21H25N5O. The van der Waals surface area contributed by atoms with Gasteiger partial charge in [-0.1, -0.05) is 0 Å². The molecule has 1 aromatic carbocycles. The fraction of sp³-hybridized carbons (Fsp3) is 0.476. The van der Waals surface area contributed by atoms with Gasteiger partial charge in [0.25, 0.3) is 0 Å². The minimum Gasteiger partial charge on any atom is -0.488 e. The van der Waals surface area contributed by atoms with Gasteiger partial charge in [-0.2, -0.15) is 5.10 Å². The van der Waals surface area contributed by atoms with Gasteiger partial charge in [-0.15, -0.1) is 0 Å². The fourth-order valence-electron chi connectivity index (χ4n) is 3.84. The molecule has 5 rings (SSSR count). The summed E-state index contributed by atoms with van der Waals surface area (Å²) >= 11 is 0. The first-order chi connectivity index (χ1) is 13.1. The maximum atomic E-state index is 6.13. The van der Waals surface area contributed by atoms with Gasteiger partial charge in [-0.3, -0.25) is 5.10 Å². The van der Waals surface area contributed by atoms with Crippen LogP contribution in [0.2, 0.25) is 0 Å². The van der Waals surface area contributed by atoms with Crippen LogP contribution in [0.4, 0.5) is 0 Å². The quantitative estimate of drug-likeness (QED) is 0.764. The van der Waals surface area contributed by atoms with Crippen LogP contribution in [0.5, 0.6) is 5.75 Å². The van der Waals surface area contributed by atoms with Crippen molar-refractivity contribution < 1.29 is 4.74 Å². The molecule has 3 aromatic rings. The standard InChI is InChI=1S/C21H25N5O/c1-21(7-8-21)27-15-3-4-17-16(11-15)20(25-24-17)19-12-18(22-13-23-19)14-5-9-26(2)10-6-14/h3-4,11-14H,5-10H2,1-2H3,(H,24,25). The van der Waals surface area contributed by atoms with Gasteiger partial charge in [0.2, 0.25) is 0 Å². The van der Waals surface area contributed by atoms with Crippen LogP contribution in [0.15, 0.2) is 30.6 Å². The van der Waals surface area contributed by atoms with Crippen LogP contribution < -0.4 is 4.74 Å². The van der Waals surface area contributed by atoms with Crippen molar-refractivity contribution in [2.24, 2.45) is 0 Å². The number of piperidine rings is 1. The number of nitrogens with one attached hydrogen (secondary N) is 1. The largest absolute Gasteiger partial charge is 0.488 e. The molecule has 3 heterocycles. The lowest BCUT2D eigenvalue weighted by molar-refractivity contribution is 0.200. The summed E-state index contributed by atoms with van der Waals surface area (Å²) in [4.78, 5) is 11.5. The molecule has 27 heavy (non-hydrogen) atoms. The van der Waals surface area contributed by atoms with Gasteiger partial charge in [0, 0.05) is 17.0 Å². The van der Waals surface area contributed by atoms with E-state index in [1.54, 1.807) is 6.33 Å². The predicted molar refractivity (Wildman–Crippen MR) is 105 cm³/mol. The van der Waals surface area contributed by atoms with E-state index in [1.165, 1.54) is 0 Å². The molecule has 0 atom stereocenters.